The topological polar surface area (TPSA) is 136 Å². The lowest BCUT2D eigenvalue weighted by molar-refractivity contribution is -0.127. The third-order valence-electron chi connectivity index (χ3n) is 6.64. The van der Waals surface area contributed by atoms with Gasteiger partial charge >= 0.3 is 0 Å². The maximum absolute atomic E-state index is 13.5. The third-order valence-corrected chi connectivity index (χ3v) is 8.04. The lowest BCUT2D eigenvalue weighted by Gasteiger charge is -2.32. The van der Waals surface area contributed by atoms with Crippen molar-refractivity contribution in [3.05, 3.63) is 78.6 Å². The van der Waals surface area contributed by atoms with Crippen LogP contribution in [-0.2, 0) is 21.4 Å². The van der Waals surface area contributed by atoms with Gasteiger partial charge in [0.1, 0.15) is 17.8 Å². The van der Waals surface area contributed by atoms with Crippen molar-refractivity contribution in [2.75, 3.05) is 18.8 Å². The molecule has 3 heterocycles. The predicted molar refractivity (Wildman–Crippen MR) is 141 cm³/mol. The van der Waals surface area contributed by atoms with Gasteiger partial charge in [0, 0.05) is 25.2 Å². The summed E-state index contributed by atoms with van der Waals surface area (Å²) in [7, 11) is -4.06. The number of piperidine rings is 1. The van der Waals surface area contributed by atoms with Crippen molar-refractivity contribution in [3.8, 4) is 11.3 Å². The van der Waals surface area contributed by atoms with Crippen molar-refractivity contribution in [3.63, 3.8) is 0 Å². The molecule has 5 rings (SSSR count). The largest absolute Gasteiger partial charge is 0.383 e. The minimum Gasteiger partial charge on any atom is -0.383 e. The molecule has 3 N–H and O–H groups in total. The highest BCUT2D eigenvalue weighted by Gasteiger charge is 2.28. The monoisotopic (exact) mass is 553 g/mol. The number of likely N-dealkylation sites (tertiary alicyclic amines) is 1. The second-order valence-corrected chi connectivity index (χ2v) is 10.9. The number of sulfonamides is 1. The maximum atomic E-state index is 13.5. The number of nitrogens with two attached hydrogens (primary N) is 1. The number of anilines is 1. The number of halogens is 2. The summed E-state index contributed by atoms with van der Waals surface area (Å²) in [5, 5.41) is 5.41. The van der Waals surface area contributed by atoms with Crippen molar-refractivity contribution in [2.24, 2.45) is 0 Å². The highest BCUT2D eigenvalue weighted by molar-refractivity contribution is 7.89. The van der Waals surface area contributed by atoms with Crippen LogP contribution in [0.5, 0.6) is 0 Å². The molecule has 0 aliphatic carbocycles. The van der Waals surface area contributed by atoms with Crippen LogP contribution >= 0.6 is 0 Å². The summed E-state index contributed by atoms with van der Waals surface area (Å²) in [5.74, 6) is -2.25. The first-order valence-electron chi connectivity index (χ1n) is 12.1. The van der Waals surface area contributed by atoms with E-state index in [1.807, 2.05) is 0 Å². The van der Waals surface area contributed by atoms with Gasteiger partial charge in [0.25, 0.3) is 0 Å². The summed E-state index contributed by atoms with van der Waals surface area (Å²) in [6.07, 6.45) is 4.28. The smallest absolute Gasteiger partial charge is 0.246 e. The highest BCUT2D eigenvalue weighted by atomic mass is 32.2. The number of fused-ring (bicyclic) bond motifs is 1. The Morgan fingerprint density at radius 3 is 2.64 bits per heavy atom. The zero-order chi connectivity index (χ0) is 27.7. The Morgan fingerprint density at radius 2 is 1.92 bits per heavy atom. The highest BCUT2D eigenvalue weighted by Crippen LogP contribution is 2.34. The number of nitrogen functional groups attached to an aromatic ring is 1. The van der Waals surface area contributed by atoms with E-state index in [0.717, 1.165) is 25.0 Å². The van der Waals surface area contributed by atoms with Crippen LogP contribution in [0.25, 0.3) is 22.3 Å². The van der Waals surface area contributed by atoms with Gasteiger partial charge in [0.05, 0.1) is 16.3 Å². The Bertz CT molecular complexity index is 1670. The number of nitrogens with one attached hydrogen (secondary N) is 1. The van der Waals surface area contributed by atoms with Gasteiger partial charge in [0.2, 0.25) is 15.9 Å². The molecule has 39 heavy (non-hydrogen) atoms. The number of aromatic nitrogens is 4. The Labute approximate surface area is 223 Å². The van der Waals surface area contributed by atoms with E-state index in [2.05, 4.69) is 21.3 Å². The summed E-state index contributed by atoms with van der Waals surface area (Å²) in [6.45, 7) is 4.61. The minimum absolute atomic E-state index is 0.0721. The Hall–Kier alpha value is -4.23. The molecular weight excluding hydrogens is 528 g/mol. The van der Waals surface area contributed by atoms with E-state index in [4.69, 9.17) is 10.8 Å². The van der Waals surface area contributed by atoms with Crippen molar-refractivity contribution in [2.45, 2.75) is 30.3 Å². The SMILES string of the molecule is C=CC(=O)N1CCCC(n2nc(-c3ccc(CNS(=O)(=O)c4ccc(F)c(F)c4)cc3)c3c(N)ncnc32)C1. The van der Waals surface area contributed by atoms with Crippen LogP contribution in [0.2, 0.25) is 0 Å². The molecule has 4 aromatic rings. The van der Waals surface area contributed by atoms with Gasteiger partial charge in [-0.3, -0.25) is 4.79 Å². The molecule has 1 unspecified atom stereocenters. The fourth-order valence-electron chi connectivity index (χ4n) is 4.62. The van der Waals surface area contributed by atoms with Gasteiger partial charge in [-0.05, 0) is 42.7 Å². The first-order chi connectivity index (χ1) is 18.7. The molecular formula is C26H25F2N7O3S. The van der Waals surface area contributed by atoms with Gasteiger partial charge in [-0.2, -0.15) is 5.10 Å². The van der Waals surface area contributed by atoms with Crippen LogP contribution in [0, 0.1) is 11.6 Å². The molecule has 1 aliphatic heterocycles. The number of carbonyl (C=O) groups excluding carboxylic acids is 1. The van der Waals surface area contributed by atoms with E-state index in [1.165, 1.54) is 12.4 Å². The average molecular weight is 554 g/mol. The van der Waals surface area contributed by atoms with E-state index in [9.17, 15) is 22.0 Å². The molecule has 2 aromatic carbocycles. The van der Waals surface area contributed by atoms with E-state index in [-0.39, 0.29) is 29.2 Å². The standard InChI is InChI=1S/C26H25F2N7O3S/c1-2-22(36)34-11-3-4-18(14-34)35-26-23(25(29)30-15-31-26)24(33-35)17-7-5-16(6-8-17)13-32-39(37,38)19-9-10-20(27)21(28)12-19/h2,5-10,12,15,18,32H,1,3-4,11,13-14H2,(H2,29,30,31). The normalized spacial score (nSPS) is 15.9. The van der Waals surface area contributed by atoms with Crippen molar-refractivity contribution < 1.29 is 22.0 Å². The molecule has 1 saturated heterocycles. The van der Waals surface area contributed by atoms with E-state index < -0.39 is 21.7 Å². The Balaban J connectivity index is 1.40. The molecule has 2 aromatic heterocycles. The molecule has 202 valence electrons. The van der Waals surface area contributed by atoms with Crippen LogP contribution in [0.3, 0.4) is 0 Å². The third kappa shape index (κ3) is 5.22. The maximum Gasteiger partial charge on any atom is 0.246 e. The molecule has 1 aliphatic rings. The molecule has 1 fully saturated rings. The van der Waals surface area contributed by atoms with Crippen LogP contribution in [0.15, 0.2) is 66.3 Å². The summed E-state index contributed by atoms with van der Waals surface area (Å²) in [6, 6.07) is 9.27. The van der Waals surface area contributed by atoms with E-state index >= 15 is 0 Å². The molecule has 10 nitrogen and oxygen atoms in total. The van der Waals surface area contributed by atoms with E-state index in [0.29, 0.717) is 47.0 Å². The van der Waals surface area contributed by atoms with Crippen LogP contribution < -0.4 is 10.5 Å². The lowest BCUT2D eigenvalue weighted by Crippen LogP contribution is -2.40. The zero-order valence-electron chi connectivity index (χ0n) is 20.7. The number of benzene rings is 2. The molecule has 0 saturated carbocycles. The second-order valence-electron chi connectivity index (χ2n) is 9.13. The number of nitrogens with zero attached hydrogens (tertiary/aromatic N) is 5. The van der Waals surface area contributed by atoms with Gasteiger partial charge in [0.15, 0.2) is 17.3 Å². The molecule has 1 amide bonds. The fraction of sp³-hybridized carbons (Fsp3) is 0.231. The Kier molecular flexibility index (Phi) is 7.10. The molecule has 1 atom stereocenters. The van der Waals surface area contributed by atoms with E-state index in [1.54, 1.807) is 33.8 Å². The Morgan fingerprint density at radius 1 is 1.15 bits per heavy atom. The first kappa shape index (κ1) is 26.4. The van der Waals surface area contributed by atoms with Gasteiger partial charge in [-0.15, -0.1) is 0 Å². The first-order valence-corrected chi connectivity index (χ1v) is 13.6. The summed E-state index contributed by atoms with van der Waals surface area (Å²) in [4.78, 5) is 22.1. The summed E-state index contributed by atoms with van der Waals surface area (Å²) < 4.78 is 55.9. The fourth-order valence-corrected chi connectivity index (χ4v) is 5.65. The van der Waals surface area contributed by atoms with Crippen LogP contribution in [0.1, 0.15) is 24.4 Å². The van der Waals surface area contributed by atoms with Gasteiger partial charge in [-0.1, -0.05) is 30.8 Å². The predicted octanol–water partition coefficient (Wildman–Crippen LogP) is 3.18. The van der Waals surface area contributed by atoms with Crippen LogP contribution in [-0.4, -0.2) is 52.1 Å². The van der Waals surface area contributed by atoms with Gasteiger partial charge in [-0.25, -0.2) is 36.6 Å². The number of carbonyl (C=O) groups is 1. The number of rotatable bonds is 7. The number of hydrogen-bond donors (Lipinski definition) is 2. The van der Waals surface area contributed by atoms with Crippen LogP contribution in [0.4, 0.5) is 14.6 Å². The quantitative estimate of drug-likeness (QED) is 0.336. The van der Waals surface area contributed by atoms with Crippen molar-refractivity contribution in [1.82, 2.24) is 29.4 Å². The van der Waals surface area contributed by atoms with Gasteiger partial charge < -0.3 is 10.6 Å². The lowest BCUT2D eigenvalue weighted by atomic mass is 10.1. The van der Waals surface area contributed by atoms with Crippen molar-refractivity contribution in [1.29, 1.82) is 0 Å². The molecule has 0 bridgehead atoms. The second kappa shape index (κ2) is 10.5. The average Bonchev–Trinajstić information content (AvgIpc) is 3.34. The summed E-state index contributed by atoms with van der Waals surface area (Å²) in [5.41, 5.74) is 8.68. The summed E-state index contributed by atoms with van der Waals surface area (Å²) >= 11 is 0. The zero-order valence-corrected chi connectivity index (χ0v) is 21.5. The molecule has 0 radical (unpaired) electrons. The number of amides is 1. The van der Waals surface area contributed by atoms with Crippen molar-refractivity contribution >= 4 is 32.8 Å². The minimum atomic E-state index is -4.06. The molecule has 0 spiro atoms. The number of hydrogen-bond acceptors (Lipinski definition) is 7. The molecule has 13 heteroatoms.